The number of amides is 1. The molecule has 1 heterocycles. The topological polar surface area (TPSA) is 92.9 Å². The van der Waals surface area contributed by atoms with Gasteiger partial charge in [-0.3, -0.25) is 9.78 Å². The fourth-order valence-electron chi connectivity index (χ4n) is 1.31. The van der Waals surface area contributed by atoms with Gasteiger partial charge in [-0.05, 0) is 34.1 Å². The number of nitrogen functional groups attached to an aromatic ring is 1. The smallest absolute Gasteiger partial charge is 0.275 e. The van der Waals surface area contributed by atoms with Crippen LogP contribution in [0.5, 0.6) is 0 Å². The standard InChI is InChI=1S/C11H9BrFN5O/c12-7-2-1-6(3-8(7)13)16-11(19)9-4-15-5-10(17-9)18-14/h1-5H,14H2,(H,16,19)(H,17,18). The Hall–Kier alpha value is -2.06. The molecule has 1 aromatic carbocycles. The number of carbonyl (C=O) groups is 1. The summed E-state index contributed by atoms with van der Waals surface area (Å²) in [6.07, 6.45) is 2.65. The van der Waals surface area contributed by atoms with Gasteiger partial charge in [0.25, 0.3) is 5.91 Å². The second kappa shape index (κ2) is 5.72. The number of benzene rings is 1. The average molecular weight is 326 g/mol. The van der Waals surface area contributed by atoms with E-state index >= 15 is 0 Å². The number of nitrogens with one attached hydrogen (secondary N) is 2. The average Bonchev–Trinajstić information content (AvgIpc) is 2.43. The number of hydrogen-bond acceptors (Lipinski definition) is 5. The Balaban J connectivity index is 2.18. The third-order valence-electron chi connectivity index (χ3n) is 2.19. The van der Waals surface area contributed by atoms with Gasteiger partial charge in [0.05, 0.1) is 16.9 Å². The lowest BCUT2D eigenvalue weighted by Gasteiger charge is -2.06. The highest BCUT2D eigenvalue weighted by Gasteiger charge is 2.10. The van der Waals surface area contributed by atoms with Crippen LogP contribution in [0.25, 0.3) is 0 Å². The van der Waals surface area contributed by atoms with Crippen LogP contribution in [0.3, 0.4) is 0 Å². The molecule has 19 heavy (non-hydrogen) atoms. The van der Waals surface area contributed by atoms with Crippen molar-refractivity contribution in [3.63, 3.8) is 0 Å². The Morgan fingerprint density at radius 3 is 2.84 bits per heavy atom. The molecule has 0 aliphatic heterocycles. The minimum absolute atomic E-state index is 0.0683. The summed E-state index contributed by atoms with van der Waals surface area (Å²) in [6, 6.07) is 4.25. The van der Waals surface area contributed by atoms with Gasteiger partial charge < -0.3 is 10.7 Å². The Morgan fingerprint density at radius 2 is 2.16 bits per heavy atom. The van der Waals surface area contributed by atoms with Crippen molar-refractivity contribution in [1.82, 2.24) is 9.97 Å². The van der Waals surface area contributed by atoms with E-state index in [4.69, 9.17) is 5.84 Å². The maximum Gasteiger partial charge on any atom is 0.275 e. The van der Waals surface area contributed by atoms with E-state index in [1.165, 1.54) is 24.5 Å². The molecule has 4 N–H and O–H groups in total. The highest BCUT2D eigenvalue weighted by atomic mass is 79.9. The van der Waals surface area contributed by atoms with Gasteiger partial charge in [-0.2, -0.15) is 0 Å². The lowest BCUT2D eigenvalue weighted by Crippen LogP contribution is -2.16. The van der Waals surface area contributed by atoms with Crippen molar-refractivity contribution in [3.05, 3.63) is 46.6 Å². The zero-order chi connectivity index (χ0) is 13.8. The summed E-state index contributed by atoms with van der Waals surface area (Å²) in [5.41, 5.74) is 2.67. The molecule has 0 aliphatic rings. The first kappa shape index (κ1) is 13.4. The summed E-state index contributed by atoms with van der Waals surface area (Å²) in [5, 5.41) is 2.51. The molecule has 2 aromatic rings. The summed E-state index contributed by atoms with van der Waals surface area (Å²) < 4.78 is 13.6. The summed E-state index contributed by atoms with van der Waals surface area (Å²) in [6.45, 7) is 0. The molecule has 0 saturated heterocycles. The molecule has 0 saturated carbocycles. The number of aromatic nitrogens is 2. The van der Waals surface area contributed by atoms with Crippen molar-refractivity contribution in [2.45, 2.75) is 0 Å². The van der Waals surface area contributed by atoms with Crippen molar-refractivity contribution in [2.24, 2.45) is 5.84 Å². The third kappa shape index (κ3) is 3.24. The van der Waals surface area contributed by atoms with E-state index in [0.717, 1.165) is 0 Å². The van der Waals surface area contributed by atoms with E-state index in [0.29, 0.717) is 10.2 Å². The van der Waals surface area contributed by atoms with Gasteiger partial charge in [0.2, 0.25) is 0 Å². The number of nitrogens with two attached hydrogens (primary N) is 1. The number of anilines is 2. The highest BCUT2D eigenvalue weighted by molar-refractivity contribution is 9.10. The first-order chi connectivity index (χ1) is 9.10. The molecular formula is C11H9BrFN5O. The van der Waals surface area contributed by atoms with Gasteiger partial charge in [0, 0.05) is 5.69 Å². The monoisotopic (exact) mass is 325 g/mol. The van der Waals surface area contributed by atoms with Gasteiger partial charge in [-0.1, -0.05) is 0 Å². The van der Waals surface area contributed by atoms with Crippen molar-refractivity contribution in [1.29, 1.82) is 0 Å². The number of hydrazine groups is 1. The van der Waals surface area contributed by atoms with Crippen molar-refractivity contribution < 1.29 is 9.18 Å². The second-order valence-electron chi connectivity index (χ2n) is 3.52. The Kier molecular flexibility index (Phi) is 4.03. The Labute approximate surface area is 116 Å². The lowest BCUT2D eigenvalue weighted by atomic mass is 10.3. The minimum atomic E-state index is -0.508. The van der Waals surface area contributed by atoms with E-state index in [1.54, 1.807) is 6.07 Å². The molecular weight excluding hydrogens is 317 g/mol. The highest BCUT2D eigenvalue weighted by Crippen LogP contribution is 2.19. The maximum absolute atomic E-state index is 13.3. The fraction of sp³-hybridized carbons (Fsp3) is 0. The Bertz CT molecular complexity index is 622. The second-order valence-corrected chi connectivity index (χ2v) is 4.37. The fourth-order valence-corrected chi connectivity index (χ4v) is 1.56. The van der Waals surface area contributed by atoms with Crippen LogP contribution >= 0.6 is 15.9 Å². The predicted octanol–water partition coefficient (Wildman–Crippen LogP) is 1.92. The summed E-state index contributed by atoms with van der Waals surface area (Å²) in [5.74, 6) is 4.45. The van der Waals surface area contributed by atoms with Crippen LogP contribution in [-0.2, 0) is 0 Å². The molecule has 0 spiro atoms. The molecule has 0 radical (unpaired) electrons. The molecule has 1 aromatic heterocycles. The first-order valence-corrected chi connectivity index (χ1v) is 5.94. The number of halogens is 2. The molecule has 0 aliphatic carbocycles. The lowest BCUT2D eigenvalue weighted by molar-refractivity contribution is 0.102. The first-order valence-electron chi connectivity index (χ1n) is 5.15. The van der Waals surface area contributed by atoms with E-state index in [9.17, 15) is 9.18 Å². The zero-order valence-electron chi connectivity index (χ0n) is 9.52. The quantitative estimate of drug-likeness (QED) is 0.592. The summed E-state index contributed by atoms with van der Waals surface area (Å²) in [4.78, 5) is 19.6. The van der Waals surface area contributed by atoms with Crippen LogP contribution in [0.1, 0.15) is 10.5 Å². The molecule has 1 amide bonds. The number of hydrogen-bond donors (Lipinski definition) is 3. The molecule has 98 valence electrons. The van der Waals surface area contributed by atoms with Crippen molar-refractivity contribution in [2.75, 3.05) is 10.7 Å². The van der Waals surface area contributed by atoms with Crippen LogP contribution in [0, 0.1) is 5.82 Å². The largest absolute Gasteiger partial charge is 0.320 e. The molecule has 0 bridgehead atoms. The van der Waals surface area contributed by atoms with Crippen LogP contribution in [0.2, 0.25) is 0 Å². The van der Waals surface area contributed by atoms with Gasteiger partial charge in [-0.25, -0.2) is 15.2 Å². The molecule has 8 heteroatoms. The van der Waals surface area contributed by atoms with Crippen molar-refractivity contribution in [3.8, 4) is 0 Å². The van der Waals surface area contributed by atoms with Gasteiger partial charge in [-0.15, -0.1) is 0 Å². The van der Waals surface area contributed by atoms with E-state index < -0.39 is 11.7 Å². The van der Waals surface area contributed by atoms with Crippen LogP contribution in [-0.4, -0.2) is 15.9 Å². The number of carbonyl (C=O) groups excluding carboxylic acids is 1. The van der Waals surface area contributed by atoms with Gasteiger partial charge >= 0.3 is 0 Å². The third-order valence-corrected chi connectivity index (χ3v) is 2.84. The van der Waals surface area contributed by atoms with Gasteiger partial charge in [0.15, 0.2) is 5.82 Å². The molecule has 6 nitrogen and oxygen atoms in total. The van der Waals surface area contributed by atoms with E-state index in [1.807, 2.05) is 0 Å². The number of nitrogens with zero attached hydrogens (tertiary/aromatic N) is 2. The molecule has 0 fully saturated rings. The summed E-state index contributed by atoms with van der Waals surface area (Å²) in [7, 11) is 0. The molecule has 0 unspecified atom stereocenters. The maximum atomic E-state index is 13.3. The number of rotatable bonds is 3. The van der Waals surface area contributed by atoms with Crippen LogP contribution in [0.15, 0.2) is 35.1 Å². The normalized spacial score (nSPS) is 10.1. The van der Waals surface area contributed by atoms with Crippen molar-refractivity contribution >= 4 is 33.3 Å². The van der Waals surface area contributed by atoms with E-state index in [-0.39, 0.29) is 11.5 Å². The predicted molar refractivity (Wildman–Crippen MR) is 71.9 cm³/mol. The van der Waals surface area contributed by atoms with Crippen LogP contribution < -0.4 is 16.6 Å². The zero-order valence-corrected chi connectivity index (χ0v) is 11.1. The van der Waals surface area contributed by atoms with E-state index in [2.05, 4.69) is 36.6 Å². The summed E-state index contributed by atoms with van der Waals surface area (Å²) >= 11 is 3.03. The molecule has 2 rings (SSSR count). The molecule has 0 atom stereocenters. The minimum Gasteiger partial charge on any atom is -0.320 e. The van der Waals surface area contributed by atoms with Gasteiger partial charge in [0.1, 0.15) is 11.5 Å². The SMILES string of the molecule is NNc1cncc(C(=O)Nc2ccc(Br)c(F)c2)n1. The Morgan fingerprint density at radius 1 is 1.37 bits per heavy atom. The van der Waals surface area contributed by atoms with Crippen LogP contribution in [0.4, 0.5) is 15.9 Å².